The van der Waals surface area contributed by atoms with Gasteiger partial charge in [-0.2, -0.15) is 5.01 Å². The van der Waals surface area contributed by atoms with Crippen LogP contribution in [-0.4, -0.2) is 45.7 Å². The van der Waals surface area contributed by atoms with E-state index < -0.39 is 22.6 Å². The van der Waals surface area contributed by atoms with E-state index in [4.69, 9.17) is 21.7 Å². The number of nitrogens with zero attached hydrogens (tertiary/aromatic N) is 2. The zero-order valence-corrected chi connectivity index (χ0v) is 22.0. The Labute approximate surface area is 229 Å². The number of non-ortho nitro benzene ring substituents is 1. The normalized spacial score (nSPS) is 13.9. The van der Waals surface area contributed by atoms with E-state index in [1.807, 2.05) is 0 Å². The topological polar surface area (TPSA) is 140 Å². The molecule has 0 spiro atoms. The molecule has 0 unspecified atom stereocenters. The molecule has 194 valence electrons. The fourth-order valence-corrected chi connectivity index (χ4v) is 5.00. The Morgan fingerprint density at radius 3 is 2.68 bits per heavy atom. The number of thiophene rings is 1. The average molecular weight is 571 g/mol. The zero-order valence-electron chi connectivity index (χ0n) is 19.5. The van der Waals surface area contributed by atoms with Gasteiger partial charge >= 0.3 is 0 Å². The lowest BCUT2D eigenvalue weighted by Crippen LogP contribution is -2.44. The predicted octanol–water partition coefficient (Wildman–Crippen LogP) is 4.23. The number of methoxy groups -OCH3 is 1. The van der Waals surface area contributed by atoms with Crippen molar-refractivity contribution in [2.24, 2.45) is 0 Å². The maximum Gasteiger partial charge on any atom is 0.285 e. The van der Waals surface area contributed by atoms with Gasteiger partial charge in [-0.05, 0) is 53.5 Å². The van der Waals surface area contributed by atoms with Crippen molar-refractivity contribution in [3.8, 4) is 11.5 Å². The molecule has 11 nitrogen and oxygen atoms in total. The van der Waals surface area contributed by atoms with Gasteiger partial charge in [-0.15, -0.1) is 11.3 Å². The highest BCUT2D eigenvalue weighted by atomic mass is 32.2. The molecule has 38 heavy (non-hydrogen) atoms. The molecule has 2 heterocycles. The van der Waals surface area contributed by atoms with Gasteiger partial charge in [-0.25, -0.2) is 0 Å². The van der Waals surface area contributed by atoms with Crippen molar-refractivity contribution in [3.05, 3.63) is 85.4 Å². The minimum Gasteiger partial charge on any atom is -0.493 e. The number of hydrogen-bond donors (Lipinski definition) is 2. The molecule has 0 radical (unpaired) electrons. The maximum absolute atomic E-state index is 12.8. The van der Waals surface area contributed by atoms with E-state index in [-0.39, 0.29) is 28.1 Å². The maximum atomic E-state index is 12.8. The molecular formula is C24H18N4O7S3. The number of ether oxygens (including phenoxy) is 2. The van der Waals surface area contributed by atoms with Crippen LogP contribution in [0.25, 0.3) is 6.08 Å². The summed E-state index contributed by atoms with van der Waals surface area (Å²) in [6.45, 7) is -0.374. The lowest BCUT2D eigenvalue weighted by atomic mass is 10.2. The summed E-state index contributed by atoms with van der Waals surface area (Å²) in [7, 11) is 1.43. The van der Waals surface area contributed by atoms with E-state index in [1.54, 1.807) is 41.8 Å². The third-order valence-electron chi connectivity index (χ3n) is 4.94. The van der Waals surface area contributed by atoms with Crippen LogP contribution in [0.5, 0.6) is 11.5 Å². The van der Waals surface area contributed by atoms with Crippen LogP contribution >= 0.6 is 35.3 Å². The molecule has 0 aliphatic carbocycles. The summed E-state index contributed by atoms with van der Waals surface area (Å²) in [5.41, 5.74) is 3.23. The molecule has 2 aromatic carbocycles. The standard InChI is InChI=1S/C24H18N4O7S3/c1-34-18-10-14(11-20-23(31)27(24(36)38-20)26-22(30)19-6-3-9-37-19)7-8-17(18)35-13-21(29)25-15-4-2-5-16(12-15)28(32)33/h2-12H,13H2,1H3,(H,25,29)(H,26,30)/b20-11-. The van der Waals surface area contributed by atoms with Crippen molar-refractivity contribution < 1.29 is 28.8 Å². The van der Waals surface area contributed by atoms with Crippen LogP contribution in [0, 0.1) is 10.1 Å². The first-order chi connectivity index (χ1) is 18.2. The molecule has 1 saturated heterocycles. The van der Waals surface area contributed by atoms with E-state index in [0.29, 0.717) is 21.1 Å². The predicted molar refractivity (Wildman–Crippen MR) is 147 cm³/mol. The van der Waals surface area contributed by atoms with Crippen LogP contribution in [0.2, 0.25) is 0 Å². The summed E-state index contributed by atoms with van der Waals surface area (Å²) < 4.78 is 11.1. The van der Waals surface area contributed by atoms with Crippen LogP contribution in [-0.2, 0) is 9.59 Å². The number of thiocarbonyl (C=S) groups is 1. The molecule has 0 saturated carbocycles. The number of rotatable bonds is 9. The van der Waals surface area contributed by atoms with Crippen molar-refractivity contribution in [1.29, 1.82) is 0 Å². The second-order valence-electron chi connectivity index (χ2n) is 7.49. The molecule has 1 aromatic heterocycles. The van der Waals surface area contributed by atoms with E-state index in [1.165, 1.54) is 42.7 Å². The van der Waals surface area contributed by atoms with Crippen molar-refractivity contribution in [2.75, 3.05) is 19.0 Å². The summed E-state index contributed by atoms with van der Waals surface area (Å²) in [6, 6.07) is 13.8. The Bertz CT molecular complexity index is 1460. The minimum absolute atomic E-state index is 0.150. The van der Waals surface area contributed by atoms with Crippen LogP contribution in [0.4, 0.5) is 11.4 Å². The monoisotopic (exact) mass is 570 g/mol. The molecule has 1 aliphatic heterocycles. The SMILES string of the molecule is COc1cc(/C=C2\SC(=S)N(NC(=O)c3cccs3)C2=O)ccc1OCC(=O)Nc1cccc([N+](=O)[O-])c1. The van der Waals surface area contributed by atoms with Gasteiger partial charge in [-0.3, -0.25) is 29.9 Å². The Kier molecular flexibility index (Phi) is 8.35. The molecular weight excluding hydrogens is 552 g/mol. The van der Waals surface area contributed by atoms with Gasteiger partial charge in [0.1, 0.15) is 0 Å². The lowest BCUT2D eigenvalue weighted by molar-refractivity contribution is -0.384. The molecule has 0 bridgehead atoms. The number of amides is 3. The largest absolute Gasteiger partial charge is 0.493 e. The Morgan fingerprint density at radius 1 is 1.16 bits per heavy atom. The Balaban J connectivity index is 1.40. The fourth-order valence-electron chi connectivity index (χ4n) is 3.21. The van der Waals surface area contributed by atoms with Gasteiger partial charge in [0.25, 0.3) is 23.4 Å². The second-order valence-corrected chi connectivity index (χ2v) is 10.1. The van der Waals surface area contributed by atoms with Crippen molar-refractivity contribution in [2.45, 2.75) is 0 Å². The van der Waals surface area contributed by atoms with Crippen LogP contribution in [0.15, 0.2) is 64.9 Å². The second kappa shape index (κ2) is 11.9. The number of nitro groups is 1. The van der Waals surface area contributed by atoms with E-state index >= 15 is 0 Å². The number of carbonyl (C=O) groups is 3. The van der Waals surface area contributed by atoms with Gasteiger partial charge in [0.2, 0.25) is 0 Å². The van der Waals surface area contributed by atoms with Gasteiger partial charge in [0.15, 0.2) is 22.4 Å². The summed E-state index contributed by atoms with van der Waals surface area (Å²) in [4.78, 5) is 48.5. The van der Waals surface area contributed by atoms with Crippen LogP contribution in [0.1, 0.15) is 15.2 Å². The van der Waals surface area contributed by atoms with Crippen molar-refractivity contribution in [3.63, 3.8) is 0 Å². The summed E-state index contributed by atoms with van der Waals surface area (Å²) in [6.07, 6.45) is 1.60. The van der Waals surface area contributed by atoms with Crippen molar-refractivity contribution in [1.82, 2.24) is 10.4 Å². The number of benzene rings is 2. The summed E-state index contributed by atoms with van der Waals surface area (Å²) in [5, 5.41) is 16.2. The number of nitrogens with one attached hydrogen (secondary N) is 2. The number of anilines is 1. The molecule has 3 amide bonds. The van der Waals surface area contributed by atoms with E-state index in [2.05, 4.69) is 10.7 Å². The molecule has 1 fully saturated rings. The van der Waals surface area contributed by atoms with Gasteiger partial charge in [-0.1, -0.05) is 30.0 Å². The van der Waals surface area contributed by atoms with E-state index in [9.17, 15) is 24.5 Å². The van der Waals surface area contributed by atoms with Gasteiger partial charge < -0.3 is 14.8 Å². The molecule has 14 heteroatoms. The number of carbonyl (C=O) groups excluding carboxylic acids is 3. The third-order valence-corrected chi connectivity index (χ3v) is 7.11. The molecule has 4 rings (SSSR count). The van der Waals surface area contributed by atoms with Crippen LogP contribution < -0.4 is 20.2 Å². The quantitative estimate of drug-likeness (QED) is 0.167. The number of hydrazine groups is 1. The highest BCUT2D eigenvalue weighted by Gasteiger charge is 2.34. The lowest BCUT2D eigenvalue weighted by Gasteiger charge is -2.14. The first-order valence-electron chi connectivity index (χ1n) is 10.7. The highest BCUT2D eigenvalue weighted by molar-refractivity contribution is 8.26. The Morgan fingerprint density at radius 2 is 1.97 bits per heavy atom. The van der Waals surface area contributed by atoms with E-state index in [0.717, 1.165) is 16.8 Å². The Hall–Kier alpha value is -4.27. The smallest absolute Gasteiger partial charge is 0.285 e. The summed E-state index contributed by atoms with van der Waals surface area (Å²) in [5.74, 6) is -0.847. The fraction of sp³-hybridized carbons (Fsp3) is 0.0833. The van der Waals surface area contributed by atoms with Gasteiger partial charge in [0, 0.05) is 17.8 Å². The number of thioether (sulfide) groups is 1. The molecule has 1 aliphatic rings. The molecule has 0 atom stereocenters. The number of nitro benzene ring substituents is 1. The molecule has 2 N–H and O–H groups in total. The molecule has 3 aromatic rings. The zero-order chi connectivity index (χ0) is 27.2. The summed E-state index contributed by atoms with van der Waals surface area (Å²) >= 11 is 7.54. The highest BCUT2D eigenvalue weighted by Crippen LogP contribution is 2.34. The van der Waals surface area contributed by atoms with Gasteiger partial charge in [0.05, 0.1) is 21.8 Å². The van der Waals surface area contributed by atoms with Crippen molar-refractivity contribution >= 4 is 74.8 Å². The minimum atomic E-state index is -0.558. The third kappa shape index (κ3) is 6.34. The van der Waals surface area contributed by atoms with Crippen LogP contribution in [0.3, 0.4) is 0 Å². The first-order valence-corrected chi connectivity index (χ1v) is 12.8. The average Bonchev–Trinajstić information content (AvgIpc) is 3.53. The number of hydrogen-bond acceptors (Lipinski definition) is 10. The first kappa shape index (κ1) is 26.8.